The lowest BCUT2D eigenvalue weighted by Crippen LogP contribution is -2.30. The number of carbonyl (C=O) groups excluding carboxylic acids is 3. The van der Waals surface area contributed by atoms with Crippen molar-refractivity contribution in [3.8, 4) is 0 Å². The van der Waals surface area contributed by atoms with E-state index in [1.807, 2.05) is 0 Å². The van der Waals surface area contributed by atoms with Gasteiger partial charge in [0.1, 0.15) is 13.2 Å². The number of rotatable bonds is 64. The topological polar surface area (TPSA) is 78.9 Å². The van der Waals surface area contributed by atoms with Crippen LogP contribution >= 0.6 is 0 Å². The Morgan fingerprint density at radius 1 is 0.266 bits per heavy atom. The summed E-state index contributed by atoms with van der Waals surface area (Å²) < 4.78 is 17.0. The molecule has 0 aliphatic heterocycles. The van der Waals surface area contributed by atoms with E-state index in [1.165, 1.54) is 238 Å². The first-order chi connectivity index (χ1) is 39.0. The summed E-state index contributed by atoms with van der Waals surface area (Å²) in [4.78, 5) is 38.4. The molecule has 0 aromatic rings. The van der Waals surface area contributed by atoms with Crippen molar-refractivity contribution in [2.75, 3.05) is 13.2 Å². The minimum Gasteiger partial charge on any atom is -0.462 e. The Bertz CT molecular complexity index is 1410. The maximum atomic E-state index is 12.9. The predicted molar refractivity (Wildman–Crippen MR) is 344 cm³/mol. The van der Waals surface area contributed by atoms with Crippen LogP contribution in [0.25, 0.3) is 0 Å². The van der Waals surface area contributed by atoms with Crippen molar-refractivity contribution in [2.45, 2.75) is 374 Å². The smallest absolute Gasteiger partial charge is 0.306 e. The Morgan fingerprint density at radius 2 is 0.494 bits per heavy atom. The molecule has 0 aromatic carbocycles. The molecule has 0 spiro atoms. The van der Waals surface area contributed by atoms with Crippen LogP contribution in [0.4, 0.5) is 0 Å². The second-order valence-electron chi connectivity index (χ2n) is 23.4. The van der Waals surface area contributed by atoms with Crippen LogP contribution in [0.3, 0.4) is 0 Å². The van der Waals surface area contributed by atoms with Gasteiger partial charge in [0.15, 0.2) is 6.10 Å². The molecule has 0 heterocycles. The molecule has 0 aliphatic rings. The molecule has 0 fully saturated rings. The SMILES string of the molecule is CC/C=C\C/C=C\C/C=C\C/C=C\C/C=C\CCCCCCCCCCCCCC(=O)OCC(COC(=O)CCCCCCCCCCCCCCCCC)OC(=O)CCCCCCCCCCCCCCCCCCCCC. The number of allylic oxidation sites excluding steroid dienone is 10. The molecule has 6 heteroatoms. The Hall–Kier alpha value is -2.89. The van der Waals surface area contributed by atoms with Crippen LogP contribution in [0, 0.1) is 0 Å². The summed E-state index contributed by atoms with van der Waals surface area (Å²) in [5.41, 5.74) is 0. The zero-order chi connectivity index (χ0) is 57.1. The first-order valence-corrected chi connectivity index (χ1v) is 34.8. The Kier molecular flexibility index (Phi) is 65.1. The molecule has 1 unspecified atom stereocenters. The van der Waals surface area contributed by atoms with E-state index in [2.05, 4.69) is 81.5 Å². The van der Waals surface area contributed by atoms with Crippen molar-refractivity contribution in [1.29, 1.82) is 0 Å². The van der Waals surface area contributed by atoms with Crippen LogP contribution in [0.1, 0.15) is 367 Å². The molecule has 0 radical (unpaired) electrons. The highest BCUT2D eigenvalue weighted by Gasteiger charge is 2.19. The van der Waals surface area contributed by atoms with Gasteiger partial charge in [-0.05, 0) is 64.2 Å². The van der Waals surface area contributed by atoms with E-state index < -0.39 is 6.10 Å². The molecule has 0 bridgehead atoms. The van der Waals surface area contributed by atoms with E-state index in [4.69, 9.17) is 14.2 Å². The summed E-state index contributed by atoms with van der Waals surface area (Å²) in [6.45, 7) is 6.59. The van der Waals surface area contributed by atoms with Crippen LogP contribution in [0.2, 0.25) is 0 Å². The van der Waals surface area contributed by atoms with Gasteiger partial charge < -0.3 is 14.2 Å². The molecular weight excluding hydrogens is 973 g/mol. The quantitative estimate of drug-likeness (QED) is 0.0261. The fraction of sp³-hybridized carbons (Fsp3) is 0.822. The third-order valence-corrected chi connectivity index (χ3v) is 15.5. The summed E-state index contributed by atoms with van der Waals surface area (Å²) in [5, 5.41) is 0. The Balaban J connectivity index is 4.28. The van der Waals surface area contributed by atoms with Crippen LogP contribution in [0.5, 0.6) is 0 Å². The Morgan fingerprint density at radius 3 is 0.772 bits per heavy atom. The van der Waals surface area contributed by atoms with E-state index in [0.717, 1.165) is 89.9 Å². The second kappa shape index (κ2) is 67.6. The maximum absolute atomic E-state index is 12.9. The third-order valence-electron chi connectivity index (χ3n) is 15.5. The molecule has 0 aromatic heterocycles. The van der Waals surface area contributed by atoms with Crippen molar-refractivity contribution >= 4 is 17.9 Å². The normalized spacial score (nSPS) is 12.4. The average molecular weight is 1110 g/mol. The number of esters is 3. The molecule has 0 saturated heterocycles. The van der Waals surface area contributed by atoms with Gasteiger partial charge in [0.05, 0.1) is 0 Å². The van der Waals surface area contributed by atoms with Gasteiger partial charge in [0.2, 0.25) is 0 Å². The fourth-order valence-corrected chi connectivity index (χ4v) is 10.4. The Labute approximate surface area is 491 Å². The molecular formula is C73H132O6. The number of hydrogen-bond acceptors (Lipinski definition) is 6. The first-order valence-electron chi connectivity index (χ1n) is 34.8. The monoisotopic (exact) mass is 1110 g/mol. The van der Waals surface area contributed by atoms with E-state index in [0.29, 0.717) is 19.3 Å². The third kappa shape index (κ3) is 65.8. The van der Waals surface area contributed by atoms with Crippen molar-refractivity contribution in [2.24, 2.45) is 0 Å². The van der Waals surface area contributed by atoms with Gasteiger partial charge in [-0.2, -0.15) is 0 Å². The highest BCUT2D eigenvalue weighted by molar-refractivity contribution is 5.71. The van der Waals surface area contributed by atoms with Crippen LogP contribution in [0.15, 0.2) is 60.8 Å². The zero-order valence-corrected chi connectivity index (χ0v) is 52.9. The van der Waals surface area contributed by atoms with Gasteiger partial charge in [0.25, 0.3) is 0 Å². The number of hydrogen-bond donors (Lipinski definition) is 0. The standard InChI is InChI=1S/C73H132O6/c1-4-7-10-13-16-19-22-25-28-30-32-33-34-35-36-37-38-39-41-42-45-48-51-54-57-60-63-66-72(75)78-69-70(68-77-71(74)65-62-59-56-53-50-47-44-27-24-21-18-15-12-9-6-3)79-73(76)67-64-61-58-55-52-49-46-43-40-31-29-26-23-20-17-14-11-8-5-2/h7,10,16,19,25,28,32-33,35-36,70H,4-6,8-9,11-15,17-18,20-24,26-27,29-31,34,37-69H2,1-3H3/b10-7-,19-16-,28-25-,33-32-,36-35-. The zero-order valence-electron chi connectivity index (χ0n) is 52.9. The molecule has 0 N–H and O–H groups in total. The van der Waals surface area contributed by atoms with Gasteiger partial charge in [-0.15, -0.1) is 0 Å². The summed E-state index contributed by atoms with van der Waals surface area (Å²) in [7, 11) is 0. The van der Waals surface area contributed by atoms with Gasteiger partial charge in [-0.3, -0.25) is 14.4 Å². The molecule has 460 valence electrons. The van der Waals surface area contributed by atoms with Crippen LogP contribution in [-0.2, 0) is 28.6 Å². The molecule has 0 aliphatic carbocycles. The van der Waals surface area contributed by atoms with E-state index in [1.54, 1.807) is 0 Å². The average Bonchev–Trinajstić information content (AvgIpc) is 3.45. The fourth-order valence-electron chi connectivity index (χ4n) is 10.4. The minimum absolute atomic E-state index is 0.0686. The summed E-state index contributed by atoms with van der Waals surface area (Å²) in [6.07, 6.45) is 86.7. The molecule has 79 heavy (non-hydrogen) atoms. The van der Waals surface area contributed by atoms with Crippen molar-refractivity contribution < 1.29 is 28.6 Å². The van der Waals surface area contributed by atoms with E-state index in [9.17, 15) is 14.4 Å². The number of unbranched alkanes of at least 4 members (excludes halogenated alkanes) is 43. The van der Waals surface area contributed by atoms with Gasteiger partial charge in [-0.1, -0.05) is 345 Å². The number of ether oxygens (including phenoxy) is 3. The van der Waals surface area contributed by atoms with Crippen molar-refractivity contribution in [3.63, 3.8) is 0 Å². The lowest BCUT2D eigenvalue weighted by molar-refractivity contribution is -0.167. The molecule has 6 nitrogen and oxygen atoms in total. The van der Waals surface area contributed by atoms with Crippen LogP contribution in [-0.4, -0.2) is 37.2 Å². The van der Waals surface area contributed by atoms with E-state index in [-0.39, 0.29) is 31.1 Å². The number of carbonyl (C=O) groups is 3. The maximum Gasteiger partial charge on any atom is 0.306 e. The van der Waals surface area contributed by atoms with Gasteiger partial charge >= 0.3 is 17.9 Å². The lowest BCUT2D eigenvalue weighted by Gasteiger charge is -2.18. The van der Waals surface area contributed by atoms with Crippen molar-refractivity contribution in [3.05, 3.63) is 60.8 Å². The molecule has 1 atom stereocenters. The molecule has 0 saturated carbocycles. The lowest BCUT2D eigenvalue weighted by atomic mass is 10.0. The summed E-state index contributed by atoms with van der Waals surface area (Å²) in [6, 6.07) is 0. The van der Waals surface area contributed by atoms with Gasteiger partial charge in [-0.25, -0.2) is 0 Å². The largest absolute Gasteiger partial charge is 0.462 e. The van der Waals surface area contributed by atoms with E-state index >= 15 is 0 Å². The first kappa shape index (κ1) is 76.1. The summed E-state index contributed by atoms with van der Waals surface area (Å²) in [5.74, 6) is -0.844. The highest BCUT2D eigenvalue weighted by atomic mass is 16.6. The predicted octanol–water partition coefficient (Wildman–Crippen LogP) is 23.9. The van der Waals surface area contributed by atoms with Gasteiger partial charge in [0, 0.05) is 19.3 Å². The summed E-state index contributed by atoms with van der Waals surface area (Å²) >= 11 is 0. The highest BCUT2D eigenvalue weighted by Crippen LogP contribution is 2.18. The minimum atomic E-state index is -0.773. The molecule has 0 amide bonds. The van der Waals surface area contributed by atoms with Crippen molar-refractivity contribution in [1.82, 2.24) is 0 Å². The molecule has 0 rings (SSSR count). The van der Waals surface area contributed by atoms with Crippen LogP contribution < -0.4 is 0 Å². The second-order valence-corrected chi connectivity index (χ2v) is 23.4.